The highest BCUT2D eigenvalue weighted by Crippen LogP contribution is 2.38. The Morgan fingerprint density at radius 2 is 2.06 bits per heavy atom. The Kier molecular flexibility index (Phi) is 4.65. The number of amides is 2. The standard InChI is InChI=1S/C10H16F2N2O3/c11-10(12)3-1-7(5-10)6-14-9(17)13-4-2-8(15)16/h7H,1-6H2,(H,15,16)(H2,13,14,17). The molecule has 1 fully saturated rings. The van der Waals surface area contributed by atoms with E-state index in [1.54, 1.807) is 0 Å². The second-order valence-electron chi connectivity index (χ2n) is 4.25. The van der Waals surface area contributed by atoms with Crippen molar-refractivity contribution in [3.8, 4) is 0 Å². The number of nitrogens with one attached hydrogen (secondary N) is 2. The van der Waals surface area contributed by atoms with Crippen LogP contribution in [0.4, 0.5) is 13.6 Å². The first-order valence-corrected chi connectivity index (χ1v) is 5.50. The summed E-state index contributed by atoms with van der Waals surface area (Å²) in [6.45, 7) is 0.233. The fourth-order valence-corrected chi connectivity index (χ4v) is 1.80. The van der Waals surface area contributed by atoms with Crippen LogP contribution in [0.3, 0.4) is 0 Å². The van der Waals surface area contributed by atoms with Crippen molar-refractivity contribution in [2.45, 2.75) is 31.6 Å². The number of hydrogen-bond donors (Lipinski definition) is 3. The first-order valence-electron chi connectivity index (χ1n) is 5.50. The van der Waals surface area contributed by atoms with Crippen molar-refractivity contribution in [1.29, 1.82) is 0 Å². The van der Waals surface area contributed by atoms with Gasteiger partial charge in [-0.25, -0.2) is 13.6 Å². The average molecular weight is 250 g/mol. The molecule has 3 N–H and O–H groups in total. The van der Waals surface area contributed by atoms with Gasteiger partial charge in [-0.3, -0.25) is 4.79 Å². The lowest BCUT2D eigenvalue weighted by Crippen LogP contribution is -2.38. The van der Waals surface area contributed by atoms with Crippen LogP contribution >= 0.6 is 0 Å². The maximum atomic E-state index is 12.8. The van der Waals surface area contributed by atoms with Gasteiger partial charge in [0.2, 0.25) is 5.92 Å². The summed E-state index contributed by atoms with van der Waals surface area (Å²) in [5.74, 6) is -3.80. The zero-order valence-electron chi connectivity index (χ0n) is 9.34. The van der Waals surface area contributed by atoms with E-state index in [0.29, 0.717) is 6.42 Å². The molecule has 2 amide bonds. The molecule has 5 nitrogen and oxygen atoms in total. The van der Waals surface area contributed by atoms with Gasteiger partial charge in [-0.2, -0.15) is 0 Å². The number of halogens is 2. The molecule has 1 rings (SSSR count). The van der Waals surface area contributed by atoms with Gasteiger partial charge >= 0.3 is 12.0 Å². The number of carbonyl (C=O) groups is 2. The van der Waals surface area contributed by atoms with E-state index in [1.807, 2.05) is 0 Å². The summed E-state index contributed by atoms with van der Waals surface area (Å²) in [5, 5.41) is 13.1. The van der Waals surface area contributed by atoms with Crippen LogP contribution < -0.4 is 10.6 Å². The monoisotopic (exact) mass is 250 g/mol. The summed E-state index contributed by atoms with van der Waals surface area (Å²) in [6.07, 6.45) is -0.0697. The number of carbonyl (C=O) groups excluding carboxylic acids is 1. The molecule has 0 heterocycles. The van der Waals surface area contributed by atoms with Crippen LogP contribution in [-0.2, 0) is 4.79 Å². The number of carboxylic acids is 1. The SMILES string of the molecule is O=C(O)CCNC(=O)NCC1CCC(F)(F)C1. The minimum Gasteiger partial charge on any atom is -0.481 e. The maximum Gasteiger partial charge on any atom is 0.314 e. The molecule has 0 aliphatic heterocycles. The third-order valence-corrected chi connectivity index (χ3v) is 2.68. The molecule has 0 aromatic heterocycles. The van der Waals surface area contributed by atoms with E-state index in [1.165, 1.54) is 0 Å². The van der Waals surface area contributed by atoms with Gasteiger partial charge in [0.1, 0.15) is 0 Å². The minimum absolute atomic E-state index is 0.0298. The number of rotatable bonds is 5. The molecular formula is C10H16F2N2O3. The third kappa shape index (κ3) is 5.46. The van der Waals surface area contributed by atoms with Crippen LogP contribution in [0.25, 0.3) is 0 Å². The molecule has 0 aromatic carbocycles. The van der Waals surface area contributed by atoms with Crippen molar-refractivity contribution >= 4 is 12.0 Å². The van der Waals surface area contributed by atoms with E-state index in [0.717, 1.165) is 0 Å². The van der Waals surface area contributed by atoms with Gasteiger partial charge in [0, 0.05) is 25.9 Å². The molecule has 1 aliphatic carbocycles. The number of hydrogen-bond acceptors (Lipinski definition) is 2. The summed E-state index contributed by atoms with van der Waals surface area (Å²) < 4.78 is 25.6. The minimum atomic E-state index is -2.61. The number of aliphatic carboxylic acids is 1. The summed E-state index contributed by atoms with van der Waals surface area (Å²) in [5.41, 5.74) is 0. The largest absolute Gasteiger partial charge is 0.481 e. The lowest BCUT2D eigenvalue weighted by molar-refractivity contribution is -0.136. The first kappa shape index (κ1) is 13.7. The Labute approximate surface area is 97.6 Å². The van der Waals surface area contributed by atoms with Crippen molar-refractivity contribution in [2.24, 2.45) is 5.92 Å². The molecule has 1 saturated carbocycles. The second-order valence-corrected chi connectivity index (χ2v) is 4.25. The summed E-state index contributed by atoms with van der Waals surface area (Å²) in [7, 11) is 0. The first-order chi connectivity index (χ1) is 7.89. The Bertz CT molecular complexity index is 297. The van der Waals surface area contributed by atoms with E-state index < -0.39 is 17.9 Å². The molecule has 1 aliphatic rings. The predicted octanol–water partition coefficient (Wildman–Crippen LogP) is 1.20. The number of carboxylic acid groups (broad SMARTS) is 1. The summed E-state index contributed by atoms with van der Waals surface area (Å²) >= 11 is 0. The third-order valence-electron chi connectivity index (χ3n) is 2.68. The highest BCUT2D eigenvalue weighted by Gasteiger charge is 2.39. The quantitative estimate of drug-likeness (QED) is 0.686. The zero-order valence-corrected chi connectivity index (χ0v) is 9.34. The van der Waals surface area contributed by atoms with Gasteiger partial charge < -0.3 is 15.7 Å². The topological polar surface area (TPSA) is 78.4 Å². The van der Waals surface area contributed by atoms with Gasteiger partial charge in [0.15, 0.2) is 0 Å². The summed E-state index contributed by atoms with van der Waals surface area (Å²) in [4.78, 5) is 21.3. The molecular weight excluding hydrogens is 234 g/mol. The molecule has 0 radical (unpaired) electrons. The molecule has 98 valence electrons. The van der Waals surface area contributed by atoms with Crippen LogP contribution in [-0.4, -0.2) is 36.1 Å². The molecule has 0 saturated heterocycles. The van der Waals surface area contributed by atoms with Crippen molar-refractivity contribution in [3.63, 3.8) is 0 Å². The van der Waals surface area contributed by atoms with Crippen LogP contribution in [0.5, 0.6) is 0 Å². The van der Waals surface area contributed by atoms with Gasteiger partial charge in [-0.05, 0) is 12.3 Å². The highest BCUT2D eigenvalue weighted by molar-refractivity contribution is 5.74. The fourth-order valence-electron chi connectivity index (χ4n) is 1.80. The number of alkyl halides is 2. The lowest BCUT2D eigenvalue weighted by atomic mass is 10.1. The van der Waals surface area contributed by atoms with E-state index >= 15 is 0 Å². The average Bonchev–Trinajstić information content (AvgIpc) is 2.55. The smallest absolute Gasteiger partial charge is 0.314 e. The number of urea groups is 1. The maximum absolute atomic E-state index is 12.8. The van der Waals surface area contributed by atoms with E-state index in [2.05, 4.69) is 10.6 Å². The molecule has 0 bridgehead atoms. The van der Waals surface area contributed by atoms with Crippen molar-refractivity contribution < 1.29 is 23.5 Å². The Morgan fingerprint density at radius 3 is 2.59 bits per heavy atom. The van der Waals surface area contributed by atoms with Crippen molar-refractivity contribution in [1.82, 2.24) is 10.6 Å². The highest BCUT2D eigenvalue weighted by atomic mass is 19.3. The van der Waals surface area contributed by atoms with Gasteiger partial charge in [-0.1, -0.05) is 0 Å². The molecule has 0 aromatic rings. The zero-order chi connectivity index (χ0) is 12.9. The van der Waals surface area contributed by atoms with E-state index in [9.17, 15) is 18.4 Å². The van der Waals surface area contributed by atoms with Gasteiger partial charge in [0.05, 0.1) is 6.42 Å². The molecule has 0 spiro atoms. The Balaban J connectivity index is 2.10. The van der Waals surface area contributed by atoms with Crippen LogP contribution in [0.2, 0.25) is 0 Å². The molecule has 17 heavy (non-hydrogen) atoms. The molecule has 7 heteroatoms. The van der Waals surface area contributed by atoms with Gasteiger partial charge in [-0.15, -0.1) is 0 Å². The normalized spacial score (nSPS) is 22.1. The molecule has 1 unspecified atom stereocenters. The predicted molar refractivity (Wildman–Crippen MR) is 55.9 cm³/mol. The van der Waals surface area contributed by atoms with Crippen LogP contribution in [0.1, 0.15) is 25.7 Å². The second kappa shape index (κ2) is 5.79. The van der Waals surface area contributed by atoms with Crippen LogP contribution in [0.15, 0.2) is 0 Å². The fraction of sp³-hybridized carbons (Fsp3) is 0.800. The van der Waals surface area contributed by atoms with E-state index in [-0.39, 0.29) is 38.3 Å². The van der Waals surface area contributed by atoms with Crippen molar-refractivity contribution in [3.05, 3.63) is 0 Å². The molecule has 1 atom stereocenters. The Morgan fingerprint density at radius 1 is 1.35 bits per heavy atom. The van der Waals surface area contributed by atoms with Gasteiger partial charge in [0.25, 0.3) is 0 Å². The Hall–Kier alpha value is -1.40. The van der Waals surface area contributed by atoms with E-state index in [4.69, 9.17) is 5.11 Å². The van der Waals surface area contributed by atoms with Crippen LogP contribution in [0, 0.1) is 5.92 Å². The summed E-state index contributed by atoms with van der Waals surface area (Å²) in [6, 6.07) is -0.513. The van der Waals surface area contributed by atoms with Crippen molar-refractivity contribution in [2.75, 3.05) is 13.1 Å². The lowest BCUT2D eigenvalue weighted by Gasteiger charge is -2.12.